The predicted molar refractivity (Wildman–Crippen MR) is 67.8 cm³/mol. The molecule has 0 atom stereocenters. The molecule has 0 spiro atoms. The second-order valence-electron chi connectivity index (χ2n) is 4.92. The molecular weight excluding hydrogens is 232 g/mol. The van der Waals surface area contributed by atoms with E-state index in [9.17, 15) is 4.79 Å². The molecule has 1 aromatic heterocycles. The van der Waals surface area contributed by atoms with Crippen molar-refractivity contribution in [2.24, 2.45) is 0 Å². The summed E-state index contributed by atoms with van der Waals surface area (Å²) < 4.78 is 0. The normalized spacial score (nSPS) is 17.3. The Labute approximate surface area is 106 Å². The number of rotatable bonds is 5. The first-order valence-corrected chi connectivity index (χ1v) is 6.00. The highest BCUT2D eigenvalue weighted by Crippen LogP contribution is 2.36. The number of carbonyl (C=O) groups is 1. The van der Waals surface area contributed by atoms with Crippen LogP contribution in [-0.2, 0) is 0 Å². The largest absolute Gasteiger partial charge is 0.476 e. The maximum absolute atomic E-state index is 10.8. The molecule has 0 amide bonds. The Kier molecular flexibility index (Phi) is 3.47. The molecule has 2 N–H and O–H groups in total. The zero-order valence-electron chi connectivity index (χ0n) is 10.7. The molecule has 2 rings (SSSR count). The second kappa shape index (κ2) is 4.89. The summed E-state index contributed by atoms with van der Waals surface area (Å²) in [6, 6.07) is 0. The van der Waals surface area contributed by atoms with Crippen LogP contribution in [0.2, 0.25) is 0 Å². The molecule has 1 heterocycles. The molecule has 1 aromatic rings. The molecule has 1 aliphatic rings. The molecule has 6 heteroatoms. The standard InChI is InChI=1S/C12H18N4O2/c1-16(2)12(4-3-5-12)8-14-10-7-13-6-9(15-10)11(17)18/h6-7H,3-5,8H2,1-2H3,(H,14,15)(H,17,18). The van der Waals surface area contributed by atoms with Crippen molar-refractivity contribution < 1.29 is 9.90 Å². The summed E-state index contributed by atoms with van der Waals surface area (Å²) in [5.74, 6) is -0.542. The zero-order valence-corrected chi connectivity index (χ0v) is 10.7. The third-order valence-electron chi connectivity index (χ3n) is 3.69. The number of hydrogen-bond donors (Lipinski definition) is 2. The van der Waals surface area contributed by atoms with Gasteiger partial charge in [0.05, 0.1) is 12.4 Å². The molecule has 1 aliphatic carbocycles. The highest BCUT2D eigenvalue weighted by molar-refractivity contribution is 5.85. The van der Waals surface area contributed by atoms with Gasteiger partial charge in [-0.3, -0.25) is 4.98 Å². The van der Waals surface area contributed by atoms with E-state index >= 15 is 0 Å². The van der Waals surface area contributed by atoms with Crippen LogP contribution in [0.25, 0.3) is 0 Å². The summed E-state index contributed by atoms with van der Waals surface area (Å²) in [6.07, 6.45) is 6.34. The second-order valence-corrected chi connectivity index (χ2v) is 4.92. The number of aromatic carboxylic acids is 1. The van der Waals surface area contributed by atoms with Crippen molar-refractivity contribution in [1.82, 2.24) is 14.9 Å². The van der Waals surface area contributed by atoms with Gasteiger partial charge in [0.2, 0.25) is 0 Å². The lowest BCUT2D eigenvalue weighted by molar-refractivity contribution is 0.0689. The number of likely N-dealkylation sites (N-methyl/N-ethyl adjacent to an activating group) is 1. The molecule has 0 aromatic carbocycles. The minimum Gasteiger partial charge on any atom is -0.476 e. The van der Waals surface area contributed by atoms with Crippen LogP contribution < -0.4 is 5.32 Å². The molecular formula is C12H18N4O2. The Bertz CT molecular complexity index is 443. The van der Waals surface area contributed by atoms with Gasteiger partial charge in [-0.1, -0.05) is 0 Å². The van der Waals surface area contributed by atoms with Gasteiger partial charge in [0.25, 0.3) is 0 Å². The Morgan fingerprint density at radius 2 is 2.22 bits per heavy atom. The minimum absolute atomic E-state index is 0.0347. The fourth-order valence-electron chi connectivity index (χ4n) is 2.18. The average Bonchev–Trinajstić information content (AvgIpc) is 2.27. The van der Waals surface area contributed by atoms with E-state index in [1.165, 1.54) is 12.6 Å². The van der Waals surface area contributed by atoms with Crippen LogP contribution in [0.15, 0.2) is 12.4 Å². The average molecular weight is 250 g/mol. The Hall–Kier alpha value is -1.69. The first-order chi connectivity index (χ1) is 8.53. The van der Waals surface area contributed by atoms with E-state index in [1.807, 2.05) is 0 Å². The van der Waals surface area contributed by atoms with Gasteiger partial charge < -0.3 is 15.3 Å². The molecule has 6 nitrogen and oxygen atoms in total. The number of carboxylic acid groups (broad SMARTS) is 1. The fraction of sp³-hybridized carbons (Fsp3) is 0.583. The van der Waals surface area contributed by atoms with E-state index in [2.05, 4.69) is 34.3 Å². The molecule has 98 valence electrons. The fourth-order valence-corrected chi connectivity index (χ4v) is 2.18. The van der Waals surface area contributed by atoms with Gasteiger partial charge in [0.15, 0.2) is 5.69 Å². The number of anilines is 1. The molecule has 1 fully saturated rings. The maximum atomic E-state index is 10.8. The van der Waals surface area contributed by atoms with E-state index in [-0.39, 0.29) is 11.2 Å². The highest BCUT2D eigenvalue weighted by atomic mass is 16.4. The van der Waals surface area contributed by atoms with Gasteiger partial charge in [-0.15, -0.1) is 0 Å². The van der Waals surface area contributed by atoms with Gasteiger partial charge in [-0.05, 0) is 33.4 Å². The monoisotopic (exact) mass is 250 g/mol. The molecule has 0 bridgehead atoms. The SMILES string of the molecule is CN(C)C1(CNc2cncc(C(=O)O)n2)CCC1. The highest BCUT2D eigenvalue weighted by Gasteiger charge is 2.38. The summed E-state index contributed by atoms with van der Waals surface area (Å²) in [4.78, 5) is 20.9. The smallest absolute Gasteiger partial charge is 0.356 e. The molecule has 18 heavy (non-hydrogen) atoms. The van der Waals surface area contributed by atoms with Gasteiger partial charge in [-0.2, -0.15) is 0 Å². The number of nitrogens with one attached hydrogen (secondary N) is 1. The van der Waals surface area contributed by atoms with Crippen LogP contribution in [0, 0.1) is 0 Å². The van der Waals surface area contributed by atoms with Crippen LogP contribution in [0.3, 0.4) is 0 Å². The van der Waals surface area contributed by atoms with Crippen molar-refractivity contribution >= 4 is 11.8 Å². The molecule has 0 unspecified atom stereocenters. The topological polar surface area (TPSA) is 78.4 Å². The van der Waals surface area contributed by atoms with Gasteiger partial charge in [0, 0.05) is 12.1 Å². The van der Waals surface area contributed by atoms with E-state index in [0.717, 1.165) is 19.4 Å². The Morgan fingerprint density at radius 3 is 2.72 bits per heavy atom. The van der Waals surface area contributed by atoms with Gasteiger partial charge in [-0.25, -0.2) is 9.78 Å². The predicted octanol–water partition coefficient (Wildman–Crippen LogP) is 1.07. The van der Waals surface area contributed by atoms with Crippen molar-refractivity contribution in [2.45, 2.75) is 24.8 Å². The number of hydrogen-bond acceptors (Lipinski definition) is 5. The lowest BCUT2D eigenvalue weighted by Crippen LogP contribution is -2.54. The summed E-state index contributed by atoms with van der Waals surface area (Å²) in [7, 11) is 4.14. The quantitative estimate of drug-likeness (QED) is 0.814. The zero-order chi connectivity index (χ0) is 13.2. The summed E-state index contributed by atoms with van der Waals surface area (Å²) in [5, 5.41) is 12.0. The number of aromatic nitrogens is 2. The van der Waals surface area contributed by atoms with Crippen molar-refractivity contribution in [2.75, 3.05) is 26.0 Å². The third-order valence-corrected chi connectivity index (χ3v) is 3.69. The van der Waals surface area contributed by atoms with E-state index in [4.69, 9.17) is 5.11 Å². The first-order valence-electron chi connectivity index (χ1n) is 6.00. The number of nitrogens with zero attached hydrogens (tertiary/aromatic N) is 3. The molecule has 1 saturated carbocycles. The summed E-state index contributed by atoms with van der Waals surface area (Å²) in [6.45, 7) is 0.762. The van der Waals surface area contributed by atoms with Crippen LogP contribution in [0.1, 0.15) is 29.8 Å². The van der Waals surface area contributed by atoms with E-state index in [1.54, 1.807) is 6.20 Å². The van der Waals surface area contributed by atoms with Crippen molar-refractivity contribution in [3.8, 4) is 0 Å². The lowest BCUT2D eigenvalue weighted by Gasteiger charge is -2.47. The van der Waals surface area contributed by atoms with Crippen LogP contribution in [0.4, 0.5) is 5.82 Å². The summed E-state index contributed by atoms with van der Waals surface area (Å²) in [5.41, 5.74) is 0.133. The maximum Gasteiger partial charge on any atom is 0.356 e. The molecule has 0 aliphatic heterocycles. The third kappa shape index (κ3) is 2.43. The Morgan fingerprint density at radius 1 is 1.50 bits per heavy atom. The van der Waals surface area contributed by atoms with Gasteiger partial charge in [0.1, 0.15) is 5.82 Å². The lowest BCUT2D eigenvalue weighted by atomic mass is 9.75. The van der Waals surface area contributed by atoms with Crippen LogP contribution in [0.5, 0.6) is 0 Å². The van der Waals surface area contributed by atoms with Crippen molar-refractivity contribution in [3.05, 3.63) is 18.1 Å². The minimum atomic E-state index is -1.06. The summed E-state index contributed by atoms with van der Waals surface area (Å²) >= 11 is 0. The van der Waals surface area contributed by atoms with Crippen molar-refractivity contribution in [3.63, 3.8) is 0 Å². The molecule has 0 radical (unpaired) electrons. The van der Waals surface area contributed by atoms with Crippen LogP contribution in [-0.4, -0.2) is 52.1 Å². The molecule has 0 saturated heterocycles. The Balaban J connectivity index is 2.02. The van der Waals surface area contributed by atoms with Crippen molar-refractivity contribution in [1.29, 1.82) is 0 Å². The van der Waals surface area contributed by atoms with Crippen LogP contribution >= 0.6 is 0 Å². The first kappa shape index (κ1) is 12.8. The number of carboxylic acids is 1. The van der Waals surface area contributed by atoms with E-state index < -0.39 is 5.97 Å². The van der Waals surface area contributed by atoms with E-state index in [0.29, 0.717) is 5.82 Å². The van der Waals surface area contributed by atoms with Gasteiger partial charge >= 0.3 is 5.97 Å².